The summed E-state index contributed by atoms with van der Waals surface area (Å²) in [6.07, 6.45) is 4.83. The maximum absolute atomic E-state index is 11.8. The van der Waals surface area contributed by atoms with E-state index in [1.807, 2.05) is 0 Å². The molecule has 0 amide bonds. The SMILES string of the molecule is Cc1ccc(C)c(C(N)C2CCCC(S(C)(=O)=O)C2)c1. The van der Waals surface area contributed by atoms with Crippen molar-refractivity contribution in [1.29, 1.82) is 0 Å². The van der Waals surface area contributed by atoms with Crippen LogP contribution in [0, 0.1) is 19.8 Å². The van der Waals surface area contributed by atoms with Crippen molar-refractivity contribution in [1.82, 2.24) is 0 Å². The number of hydrogen-bond acceptors (Lipinski definition) is 3. The first-order chi connectivity index (χ1) is 9.29. The Balaban J connectivity index is 2.20. The Morgan fingerprint density at radius 2 is 1.95 bits per heavy atom. The van der Waals surface area contributed by atoms with Crippen molar-refractivity contribution in [3.05, 3.63) is 34.9 Å². The van der Waals surface area contributed by atoms with Gasteiger partial charge in [0.2, 0.25) is 0 Å². The van der Waals surface area contributed by atoms with Gasteiger partial charge in [0.05, 0.1) is 5.25 Å². The molecule has 3 nitrogen and oxygen atoms in total. The highest BCUT2D eigenvalue weighted by Gasteiger charge is 2.32. The number of nitrogens with two attached hydrogens (primary N) is 1. The average Bonchev–Trinajstić information content (AvgIpc) is 2.40. The van der Waals surface area contributed by atoms with E-state index in [4.69, 9.17) is 5.73 Å². The Hall–Kier alpha value is -0.870. The first-order valence-electron chi connectivity index (χ1n) is 7.30. The number of benzene rings is 1. The third kappa shape index (κ3) is 3.41. The third-order valence-corrected chi connectivity index (χ3v) is 6.21. The van der Waals surface area contributed by atoms with E-state index < -0.39 is 9.84 Å². The van der Waals surface area contributed by atoms with Crippen molar-refractivity contribution in [3.8, 4) is 0 Å². The van der Waals surface area contributed by atoms with Crippen LogP contribution in [0.3, 0.4) is 0 Å². The van der Waals surface area contributed by atoms with Gasteiger partial charge in [0.1, 0.15) is 9.84 Å². The zero-order chi connectivity index (χ0) is 14.9. The van der Waals surface area contributed by atoms with Gasteiger partial charge in [-0.2, -0.15) is 0 Å². The van der Waals surface area contributed by atoms with Gasteiger partial charge < -0.3 is 5.73 Å². The summed E-state index contributed by atoms with van der Waals surface area (Å²) in [5.41, 5.74) is 10.0. The van der Waals surface area contributed by atoms with Crippen LogP contribution in [0.4, 0.5) is 0 Å². The molecule has 0 bridgehead atoms. The lowest BCUT2D eigenvalue weighted by Crippen LogP contribution is -2.33. The monoisotopic (exact) mass is 295 g/mol. The second-order valence-corrected chi connectivity index (χ2v) is 8.59. The fourth-order valence-electron chi connectivity index (χ4n) is 3.27. The summed E-state index contributed by atoms with van der Waals surface area (Å²) in [7, 11) is -2.95. The highest BCUT2D eigenvalue weighted by atomic mass is 32.2. The maximum Gasteiger partial charge on any atom is 0.150 e. The minimum Gasteiger partial charge on any atom is -0.324 e. The van der Waals surface area contributed by atoms with E-state index in [-0.39, 0.29) is 17.2 Å². The quantitative estimate of drug-likeness (QED) is 0.932. The molecule has 1 aliphatic rings. The molecule has 3 atom stereocenters. The van der Waals surface area contributed by atoms with Crippen LogP contribution >= 0.6 is 0 Å². The van der Waals surface area contributed by atoms with Crippen LogP contribution < -0.4 is 5.73 Å². The van der Waals surface area contributed by atoms with Gasteiger partial charge in [0.15, 0.2) is 0 Å². The fourth-order valence-corrected chi connectivity index (χ4v) is 4.46. The molecular formula is C16H25NO2S. The lowest BCUT2D eigenvalue weighted by molar-refractivity contribution is 0.308. The maximum atomic E-state index is 11.8. The van der Waals surface area contributed by atoms with Crippen molar-refractivity contribution in [3.63, 3.8) is 0 Å². The Morgan fingerprint density at radius 1 is 1.25 bits per heavy atom. The molecule has 2 N–H and O–H groups in total. The summed E-state index contributed by atoms with van der Waals surface area (Å²) in [6.45, 7) is 4.14. The highest BCUT2D eigenvalue weighted by molar-refractivity contribution is 7.91. The summed E-state index contributed by atoms with van der Waals surface area (Å²) in [5, 5.41) is -0.211. The van der Waals surface area contributed by atoms with Crippen molar-refractivity contribution >= 4 is 9.84 Å². The Labute approximate surface area is 122 Å². The summed E-state index contributed by atoms with van der Waals surface area (Å²) < 4.78 is 23.5. The smallest absolute Gasteiger partial charge is 0.150 e. The van der Waals surface area contributed by atoms with Gasteiger partial charge in [-0.1, -0.05) is 30.2 Å². The first-order valence-corrected chi connectivity index (χ1v) is 9.26. The van der Waals surface area contributed by atoms with Crippen LogP contribution in [0.25, 0.3) is 0 Å². The molecule has 2 rings (SSSR count). The van der Waals surface area contributed by atoms with Crippen molar-refractivity contribution in [2.24, 2.45) is 11.7 Å². The molecule has 1 aromatic carbocycles. The summed E-state index contributed by atoms with van der Waals surface area (Å²) in [4.78, 5) is 0. The molecule has 1 fully saturated rings. The summed E-state index contributed by atoms with van der Waals surface area (Å²) >= 11 is 0. The summed E-state index contributed by atoms with van der Waals surface area (Å²) in [5.74, 6) is 0.268. The van der Waals surface area contributed by atoms with Gasteiger partial charge in [0.25, 0.3) is 0 Å². The predicted molar refractivity (Wildman–Crippen MR) is 83.4 cm³/mol. The number of hydrogen-bond donors (Lipinski definition) is 1. The van der Waals surface area contributed by atoms with Crippen LogP contribution in [0.5, 0.6) is 0 Å². The van der Waals surface area contributed by atoms with Crippen LogP contribution in [0.15, 0.2) is 18.2 Å². The zero-order valence-corrected chi connectivity index (χ0v) is 13.4. The third-order valence-electron chi connectivity index (χ3n) is 4.57. The predicted octanol–water partition coefficient (Wildman–Crippen LogP) is 2.91. The van der Waals surface area contributed by atoms with Gasteiger partial charge in [-0.15, -0.1) is 0 Å². The second kappa shape index (κ2) is 5.86. The Kier molecular flexibility index (Phi) is 4.55. The largest absolute Gasteiger partial charge is 0.324 e. The van der Waals surface area contributed by atoms with Gasteiger partial charge in [-0.25, -0.2) is 8.42 Å². The lowest BCUT2D eigenvalue weighted by Gasteiger charge is -2.33. The number of sulfone groups is 1. The zero-order valence-electron chi connectivity index (χ0n) is 12.6. The molecule has 0 spiro atoms. The van der Waals surface area contributed by atoms with Crippen molar-refractivity contribution in [2.45, 2.75) is 50.8 Å². The molecule has 0 aromatic heterocycles. The molecule has 0 saturated heterocycles. The first kappa shape index (κ1) is 15.5. The van der Waals surface area contributed by atoms with Crippen molar-refractivity contribution < 1.29 is 8.42 Å². The minimum atomic E-state index is -2.95. The van der Waals surface area contributed by atoms with E-state index in [9.17, 15) is 8.42 Å². The average molecular weight is 295 g/mol. The Morgan fingerprint density at radius 3 is 2.60 bits per heavy atom. The van der Waals surface area contributed by atoms with E-state index in [2.05, 4.69) is 32.0 Å². The van der Waals surface area contributed by atoms with E-state index in [1.165, 1.54) is 22.9 Å². The Bertz CT molecular complexity index is 580. The van der Waals surface area contributed by atoms with Gasteiger partial charge in [-0.05, 0) is 50.2 Å². The van der Waals surface area contributed by atoms with E-state index >= 15 is 0 Å². The molecule has 0 heterocycles. The van der Waals surface area contributed by atoms with E-state index in [0.29, 0.717) is 6.42 Å². The molecule has 1 aromatic rings. The van der Waals surface area contributed by atoms with Gasteiger partial charge in [-0.3, -0.25) is 0 Å². The lowest BCUT2D eigenvalue weighted by atomic mass is 9.80. The van der Waals surface area contributed by atoms with Crippen LogP contribution in [0.1, 0.15) is 48.4 Å². The molecule has 20 heavy (non-hydrogen) atoms. The van der Waals surface area contributed by atoms with E-state index in [0.717, 1.165) is 19.3 Å². The molecule has 4 heteroatoms. The standard InChI is InChI=1S/C16H25NO2S/c1-11-7-8-12(2)15(9-11)16(17)13-5-4-6-14(10-13)20(3,18)19/h7-9,13-14,16H,4-6,10,17H2,1-3H3. The normalized spacial score (nSPS) is 25.4. The van der Waals surface area contributed by atoms with Crippen LogP contribution in [0.2, 0.25) is 0 Å². The molecule has 1 saturated carbocycles. The van der Waals surface area contributed by atoms with E-state index in [1.54, 1.807) is 0 Å². The summed E-state index contributed by atoms with van der Waals surface area (Å²) in [6, 6.07) is 6.27. The molecular weight excluding hydrogens is 270 g/mol. The van der Waals surface area contributed by atoms with Crippen LogP contribution in [-0.2, 0) is 9.84 Å². The molecule has 1 aliphatic carbocycles. The molecule has 112 valence electrons. The number of aryl methyl sites for hydroxylation is 2. The van der Waals surface area contributed by atoms with Gasteiger partial charge in [0, 0.05) is 12.3 Å². The topological polar surface area (TPSA) is 60.2 Å². The molecule has 0 aliphatic heterocycles. The fraction of sp³-hybridized carbons (Fsp3) is 0.625. The minimum absolute atomic E-state index is 0.0561. The van der Waals surface area contributed by atoms with Crippen LogP contribution in [-0.4, -0.2) is 19.9 Å². The number of rotatable bonds is 3. The molecule has 3 unspecified atom stereocenters. The molecule has 0 radical (unpaired) electrons. The van der Waals surface area contributed by atoms with Gasteiger partial charge >= 0.3 is 0 Å². The highest BCUT2D eigenvalue weighted by Crippen LogP contribution is 2.36. The second-order valence-electron chi connectivity index (χ2n) is 6.26. The van der Waals surface area contributed by atoms with Crippen molar-refractivity contribution in [2.75, 3.05) is 6.26 Å².